The van der Waals surface area contributed by atoms with Crippen LogP contribution >= 0.6 is 0 Å². The summed E-state index contributed by atoms with van der Waals surface area (Å²) in [6, 6.07) is 12.8. The molecule has 8 heteroatoms. The second kappa shape index (κ2) is 7.50. The molecule has 2 aromatic carbocycles. The van der Waals surface area contributed by atoms with E-state index in [-0.39, 0.29) is 17.7 Å². The van der Waals surface area contributed by atoms with Crippen LogP contribution in [0, 0.1) is 0 Å². The van der Waals surface area contributed by atoms with Crippen molar-refractivity contribution in [3.8, 4) is 11.5 Å². The first-order valence-electron chi connectivity index (χ1n) is 10.3. The summed E-state index contributed by atoms with van der Waals surface area (Å²) < 4.78 is 37.0. The number of amides is 1. The van der Waals surface area contributed by atoms with Crippen LogP contribution in [0.3, 0.4) is 0 Å². The van der Waals surface area contributed by atoms with Gasteiger partial charge >= 0.3 is 0 Å². The molecule has 158 valence electrons. The fourth-order valence-electron chi connectivity index (χ4n) is 4.49. The molecule has 3 heterocycles. The molecule has 3 aliphatic rings. The Hall–Kier alpha value is -2.74. The number of ether oxygens (including phenoxy) is 2. The van der Waals surface area contributed by atoms with Gasteiger partial charge in [0.25, 0.3) is 5.91 Å². The van der Waals surface area contributed by atoms with E-state index >= 15 is 0 Å². The van der Waals surface area contributed by atoms with Gasteiger partial charge in [-0.2, -0.15) is 0 Å². The van der Waals surface area contributed by atoms with E-state index in [0.29, 0.717) is 44.0 Å². The summed E-state index contributed by atoms with van der Waals surface area (Å²) in [4.78, 5) is 15.1. The Balaban J connectivity index is 1.36. The van der Waals surface area contributed by atoms with Crippen LogP contribution in [-0.4, -0.2) is 51.3 Å². The summed E-state index contributed by atoms with van der Waals surface area (Å²) >= 11 is 0. The molecule has 0 radical (unpaired) electrons. The summed E-state index contributed by atoms with van der Waals surface area (Å²) in [5.41, 5.74) is 2.23. The van der Waals surface area contributed by atoms with Crippen molar-refractivity contribution < 1.29 is 22.7 Å². The number of benzene rings is 2. The van der Waals surface area contributed by atoms with Crippen molar-refractivity contribution in [2.75, 3.05) is 36.4 Å². The number of sulfonamides is 1. The van der Waals surface area contributed by atoms with Crippen LogP contribution in [0.5, 0.6) is 11.5 Å². The zero-order chi connectivity index (χ0) is 20.7. The van der Waals surface area contributed by atoms with Crippen molar-refractivity contribution in [2.24, 2.45) is 0 Å². The van der Waals surface area contributed by atoms with Gasteiger partial charge in [-0.25, -0.2) is 8.42 Å². The van der Waals surface area contributed by atoms with Crippen molar-refractivity contribution in [1.29, 1.82) is 0 Å². The second-order valence-electron chi connectivity index (χ2n) is 7.85. The zero-order valence-electron chi connectivity index (χ0n) is 16.6. The molecule has 30 heavy (non-hydrogen) atoms. The SMILES string of the molecule is O=C(c1ccc(N2CCCS2(=O)=O)cc1)N1CCC[C@@H]1c1ccc2c(c1)OCCO2. The van der Waals surface area contributed by atoms with Gasteiger partial charge in [-0.05, 0) is 61.2 Å². The van der Waals surface area contributed by atoms with E-state index in [2.05, 4.69) is 0 Å². The number of nitrogens with zero attached hydrogens (tertiary/aromatic N) is 2. The van der Waals surface area contributed by atoms with E-state index in [0.717, 1.165) is 29.9 Å². The Kier molecular flexibility index (Phi) is 4.81. The molecule has 0 unspecified atom stereocenters. The predicted molar refractivity (Wildman–Crippen MR) is 113 cm³/mol. The lowest BCUT2D eigenvalue weighted by atomic mass is 10.0. The number of hydrogen-bond donors (Lipinski definition) is 0. The highest BCUT2D eigenvalue weighted by Crippen LogP contribution is 2.38. The van der Waals surface area contributed by atoms with Gasteiger partial charge in [0.05, 0.1) is 17.5 Å². The molecular formula is C22H24N2O5S. The van der Waals surface area contributed by atoms with Gasteiger partial charge in [-0.3, -0.25) is 9.10 Å². The Labute approximate surface area is 176 Å². The number of fused-ring (bicyclic) bond motifs is 1. The standard InChI is InChI=1S/C22H24N2O5S/c25-22(16-4-7-18(8-5-16)24-11-2-14-30(24,26)27)23-10-1-3-19(23)17-6-9-20-21(15-17)29-13-12-28-20/h4-9,15,19H,1-3,10-14H2/t19-/m1/s1. The Morgan fingerprint density at radius 3 is 2.43 bits per heavy atom. The van der Waals surface area contributed by atoms with Gasteiger partial charge in [0, 0.05) is 18.7 Å². The minimum absolute atomic E-state index is 0.00744. The summed E-state index contributed by atoms with van der Waals surface area (Å²) in [5, 5.41) is 0. The number of carbonyl (C=O) groups excluding carboxylic acids is 1. The van der Waals surface area contributed by atoms with Crippen LogP contribution in [-0.2, 0) is 10.0 Å². The van der Waals surface area contributed by atoms with E-state index in [1.807, 2.05) is 23.1 Å². The van der Waals surface area contributed by atoms with E-state index < -0.39 is 10.0 Å². The van der Waals surface area contributed by atoms with Crippen LogP contribution in [0.2, 0.25) is 0 Å². The van der Waals surface area contributed by atoms with Crippen molar-refractivity contribution >= 4 is 21.6 Å². The van der Waals surface area contributed by atoms with E-state index in [1.54, 1.807) is 24.3 Å². The number of hydrogen-bond acceptors (Lipinski definition) is 5. The lowest BCUT2D eigenvalue weighted by Crippen LogP contribution is -2.31. The molecule has 0 saturated carbocycles. The maximum atomic E-state index is 13.2. The third-order valence-corrected chi connectivity index (χ3v) is 7.84. The molecule has 2 aromatic rings. The maximum absolute atomic E-state index is 13.2. The Morgan fingerprint density at radius 2 is 1.70 bits per heavy atom. The third kappa shape index (κ3) is 3.39. The van der Waals surface area contributed by atoms with Gasteiger partial charge in [0.2, 0.25) is 10.0 Å². The number of likely N-dealkylation sites (tertiary alicyclic amines) is 1. The van der Waals surface area contributed by atoms with Crippen LogP contribution in [0.15, 0.2) is 42.5 Å². The molecular weight excluding hydrogens is 404 g/mol. The lowest BCUT2D eigenvalue weighted by Gasteiger charge is -2.27. The molecule has 2 fully saturated rings. The van der Waals surface area contributed by atoms with Crippen LogP contribution in [0.4, 0.5) is 5.69 Å². The zero-order valence-corrected chi connectivity index (χ0v) is 17.4. The number of anilines is 1. The predicted octanol–water partition coefficient (Wildman–Crippen LogP) is 2.98. The molecule has 3 aliphatic heterocycles. The smallest absolute Gasteiger partial charge is 0.254 e. The molecule has 0 aliphatic carbocycles. The van der Waals surface area contributed by atoms with Gasteiger partial charge in [0.15, 0.2) is 11.5 Å². The highest BCUT2D eigenvalue weighted by atomic mass is 32.2. The second-order valence-corrected chi connectivity index (χ2v) is 9.86. The largest absolute Gasteiger partial charge is 0.486 e. The summed E-state index contributed by atoms with van der Waals surface area (Å²) in [7, 11) is -3.23. The minimum atomic E-state index is -3.23. The average Bonchev–Trinajstić information content (AvgIpc) is 3.39. The Bertz CT molecular complexity index is 1070. The molecule has 0 bridgehead atoms. The van der Waals surface area contributed by atoms with E-state index in [1.165, 1.54) is 4.31 Å². The first kappa shape index (κ1) is 19.2. The van der Waals surface area contributed by atoms with Crippen molar-refractivity contribution in [3.63, 3.8) is 0 Å². The van der Waals surface area contributed by atoms with Gasteiger partial charge in [0.1, 0.15) is 13.2 Å². The summed E-state index contributed by atoms with van der Waals surface area (Å²) in [5.74, 6) is 1.62. The van der Waals surface area contributed by atoms with Gasteiger partial charge < -0.3 is 14.4 Å². The molecule has 2 saturated heterocycles. The molecule has 0 aromatic heterocycles. The highest BCUT2D eigenvalue weighted by Gasteiger charge is 2.32. The van der Waals surface area contributed by atoms with Crippen LogP contribution in [0.25, 0.3) is 0 Å². The van der Waals surface area contributed by atoms with Crippen LogP contribution < -0.4 is 13.8 Å². The summed E-state index contributed by atoms with van der Waals surface area (Å²) in [6.07, 6.45) is 2.47. The lowest BCUT2D eigenvalue weighted by molar-refractivity contribution is 0.0735. The number of carbonyl (C=O) groups is 1. The first-order valence-corrected chi connectivity index (χ1v) is 11.9. The normalized spacial score (nSPS) is 22.3. The molecule has 0 spiro atoms. The van der Waals surface area contributed by atoms with Gasteiger partial charge in [-0.1, -0.05) is 6.07 Å². The van der Waals surface area contributed by atoms with Gasteiger partial charge in [-0.15, -0.1) is 0 Å². The minimum Gasteiger partial charge on any atom is -0.486 e. The maximum Gasteiger partial charge on any atom is 0.254 e. The van der Waals surface area contributed by atoms with Crippen molar-refractivity contribution in [3.05, 3.63) is 53.6 Å². The monoisotopic (exact) mass is 428 g/mol. The van der Waals surface area contributed by atoms with Crippen LogP contribution in [0.1, 0.15) is 41.2 Å². The van der Waals surface area contributed by atoms with E-state index in [4.69, 9.17) is 9.47 Å². The number of rotatable bonds is 3. The quantitative estimate of drug-likeness (QED) is 0.751. The molecule has 7 nitrogen and oxygen atoms in total. The average molecular weight is 429 g/mol. The van der Waals surface area contributed by atoms with E-state index in [9.17, 15) is 13.2 Å². The summed E-state index contributed by atoms with van der Waals surface area (Å²) in [6.45, 7) is 2.27. The molecule has 5 rings (SSSR count). The highest BCUT2D eigenvalue weighted by molar-refractivity contribution is 7.93. The third-order valence-electron chi connectivity index (χ3n) is 5.97. The molecule has 0 N–H and O–H groups in total. The first-order chi connectivity index (χ1) is 14.5. The Morgan fingerprint density at radius 1 is 0.933 bits per heavy atom. The van der Waals surface area contributed by atoms with Crippen molar-refractivity contribution in [1.82, 2.24) is 4.90 Å². The fraction of sp³-hybridized carbons (Fsp3) is 0.409. The fourth-order valence-corrected chi connectivity index (χ4v) is 6.05. The molecule has 1 amide bonds. The topological polar surface area (TPSA) is 76.2 Å². The van der Waals surface area contributed by atoms with Crippen molar-refractivity contribution in [2.45, 2.75) is 25.3 Å². The molecule has 1 atom stereocenters.